The lowest BCUT2D eigenvalue weighted by atomic mass is 10.1. The Morgan fingerprint density at radius 1 is 1.18 bits per heavy atom. The second-order valence-electron chi connectivity index (χ2n) is 5.34. The molecule has 2 N–H and O–H groups in total. The largest absolute Gasteiger partial charge is 0.377 e. The Balaban J connectivity index is 1.63. The summed E-state index contributed by atoms with van der Waals surface area (Å²) in [5, 5.41) is 6.54. The third-order valence-electron chi connectivity index (χ3n) is 4.08. The fraction of sp³-hybridized carbons (Fsp3) is 0.917. The van der Waals surface area contributed by atoms with Gasteiger partial charge in [0, 0.05) is 19.1 Å². The zero-order valence-electron chi connectivity index (χ0n) is 10.2. The molecule has 2 saturated heterocycles. The van der Waals surface area contributed by atoms with Crippen molar-refractivity contribution >= 4 is 6.03 Å². The van der Waals surface area contributed by atoms with Crippen LogP contribution in [0.25, 0.3) is 0 Å². The van der Waals surface area contributed by atoms with Crippen molar-refractivity contribution in [3.63, 3.8) is 0 Å². The van der Waals surface area contributed by atoms with E-state index in [0.717, 1.165) is 25.9 Å². The van der Waals surface area contributed by atoms with E-state index in [4.69, 9.17) is 4.74 Å². The van der Waals surface area contributed by atoms with Gasteiger partial charge >= 0.3 is 6.03 Å². The number of nitrogens with one attached hydrogen (secondary N) is 2. The number of rotatable bonds is 1. The molecule has 2 amide bonds. The summed E-state index contributed by atoms with van der Waals surface area (Å²) in [5.41, 5.74) is 0. The lowest BCUT2D eigenvalue weighted by Gasteiger charge is -2.46. The Labute approximate surface area is 102 Å². The highest BCUT2D eigenvalue weighted by molar-refractivity contribution is 5.75. The molecule has 0 radical (unpaired) electrons. The Hall–Kier alpha value is -0.810. The number of carbonyl (C=O) groups excluding carboxylic acids is 1. The molecule has 0 aromatic carbocycles. The number of piperazine rings is 1. The lowest BCUT2D eigenvalue weighted by Crippen LogP contribution is -2.67. The smallest absolute Gasteiger partial charge is 0.318 e. The summed E-state index contributed by atoms with van der Waals surface area (Å²) < 4.78 is 5.53. The van der Waals surface area contributed by atoms with E-state index in [1.165, 1.54) is 12.8 Å². The van der Waals surface area contributed by atoms with Crippen LogP contribution in [0.1, 0.15) is 25.7 Å². The van der Waals surface area contributed by atoms with Gasteiger partial charge in [0.25, 0.3) is 0 Å². The standard InChI is InChI=1S/C12H21N3O2/c16-12(14-9-3-1-2-4-9)15-10-5-13-6-11(15)8-17-7-10/h9-11,13H,1-8H2,(H,14,16)/t10-,11-/m0/s1. The average molecular weight is 239 g/mol. The van der Waals surface area contributed by atoms with Crippen molar-refractivity contribution in [2.45, 2.75) is 43.8 Å². The van der Waals surface area contributed by atoms with Crippen LogP contribution in [0, 0.1) is 0 Å². The molecule has 1 aliphatic carbocycles. The predicted molar refractivity (Wildman–Crippen MR) is 63.9 cm³/mol. The van der Waals surface area contributed by atoms with E-state index in [9.17, 15) is 4.79 Å². The van der Waals surface area contributed by atoms with Gasteiger partial charge in [-0.2, -0.15) is 0 Å². The summed E-state index contributed by atoms with van der Waals surface area (Å²) in [7, 11) is 0. The zero-order chi connectivity index (χ0) is 11.7. The summed E-state index contributed by atoms with van der Waals surface area (Å²) >= 11 is 0. The molecule has 0 aromatic rings. The predicted octanol–water partition coefficient (Wildman–Crippen LogP) is 0.311. The van der Waals surface area contributed by atoms with Gasteiger partial charge in [0.1, 0.15) is 0 Å². The minimum Gasteiger partial charge on any atom is -0.377 e. The second kappa shape index (κ2) is 4.82. The number of ether oxygens (including phenoxy) is 1. The molecule has 3 aliphatic rings. The van der Waals surface area contributed by atoms with Crippen LogP contribution < -0.4 is 10.6 Å². The fourth-order valence-electron chi connectivity index (χ4n) is 3.18. The topological polar surface area (TPSA) is 53.6 Å². The molecular weight excluding hydrogens is 218 g/mol. The van der Waals surface area contributed by atoms with Crippen molar-refractivity contribution in [3.8, 4) is 0 Å². The molecule has 1 saturated carbocycles. The third kappa shape index (κ3) is 2.26. The van der Waals surface area contributed by atoms with Gasteiger partial charge in [0.2, 0.25) is 0 Å². The van der Waals surface area contributed by atoms with Crippen LogP contribution in [0.15, 0.2) is 0 Å². The summed E-state index contributed by atoms with van der Waals surface area (Å²) in [5.74, 6) is 0. The molecule has 2 aliphatic heterocycles. The van der Waals surface area contributed by atoms with Gasteiger partial charge in [-0.1, -0.05) is 12.8 Å². The average Bonchev–Trinajstić information content (AvgIpc) is 2.80. The first-order valence-electron chi connectivity index (χ1n) is 6.72. The van der Waals surface area contributed by atoms with Gasteiger partial charge in [-0.25, -0.2) is 4.79 Å². The Bertz CT molecular complexity index is 269. The van der Waals surface area contributed by atoms with Gasteiger partial charge in [-0.15, -0.1) is 0 Å². The maximum atomic E-state index is 12.3. The van der Waals surface area contributed by atoms with Crippen LogP contribution in [-0.2, 0) is 4.74 Å². The molecular formula is C12H21N3O2. The Morgan fingerprint density at radius 3 is 2.47 bits per heavy atom. The van der Waals surface area contributed by atoms with Gasteiger partial charge < -0.3 is 20.3 Å². The zero-order valence-corrected chi connectivity index (χ0v) is 10.2. The Morgan fingerprint density at radius 2 is 1.82 bits per heavy atom. The highest BCUT2D eigenvalue weighted by Crippen LogP contribution is 2.20. The first-order valence-corrected chi connectivity index (χ1v) is 6.72. The van der Waals surface area contributed by atoms with Crippen molar-refractivity contribution in [3.05, 3.63) is 0 Å². The normalized spacial score (nSPS) is 33.8. The molecule has 17 heavy (non-hydrogen) atoms. The molecule has 2 heterocycles. The number of morpholine rings is 1. The van der Waals surface area contributed by atoms with Crippen molar-refractivity contribution in [2.24, 2.45) is 0 Å². The van der Waals surface area contributed by atoms with E-state index in [1.807, 2.05) is 4.90 Å². The van der Waals surface area contributed by atoms with E-state index in [1.54, 1.807) is 0 Å². The van der Waals surface area contributed by atoms with Crippen molar-refractivity contribution < 1.29 is 9.53 Å². The summed E-state index contributed by atoms with van der Waals surface area (Å²) in [4.78, 5) is 14.3. The van der Waals surface area contributed by atoms with Crippen molar-refractivity contribution in [1.29, 1.82) is 0 Å². The first-order chi connectivity index (χ1) is 8.34. The number of amides is 2. The molecule has 0 unspecified atom stereocenters. The highest BCUT2D eigenvalue weighted by Gasteiger charge is 2.38. The minimum absolute atomic E-state index is 0.122. The number of nitrogens with zero attached hydrogens (tertiary/aromatic N) is 1. The van der Waals surface area contributed by atoms with Crippen LogP contribution >= 0.6 is 0 Å². The fourth-order valence-corrected chi connectivity index (χ4v) is 3.18. The molecule has 0 spiro atoms. The minimum atomic E-state index is 0.122. The van der Waals surface area contributed by atoms with Crippen LogP contribution in [0.3, 0.4) is 0 Å². The molecule has 2 atom stereocenters. The van der Waals surface area contributed by atoms with E-state index in [2.05, 4.69) is 10.6 Å². The van der Waals surface area contributed by atoms with Gasteiger partial charge in [0.15, 0.2) is 0 Å². The quantitative estimate of drug-likeness (QED) is 0.692. The van der Waals surface area contributed by atoms with Crippen LogP contribution in [0.4, 0.5) is 4.79 Å². The molecule has 5 nitrogen and oxygen atoms in total. The first kappa shape index (κ1) is 11.3. The van der Waals surface area contributed by atoms with E-state index >= 15 is 0 Å². The SMILES string of the molecule is O=C(NC1CCCC1)N1[C@H]2CNC[C@H]1COC2. The molecule has 5 heteroatoms. The van der Waals surface area contributed by atoms with Crippen LogP contribution in [0.2, 0.25) is 0 Å². The summed E-state index contributed by atoms with van der Waals surface area (Å²) in [6, 6.07) is 0.948. The van der Waals surface area contributed by atoms with E-state index in [-0.39, 0.29) is 18.1 Å². The monoisotopic (exact) mass is 239 g/mol. The molecule has 3 rings (SSSR count). The number of urea groups is 1. The molecule has 96 valence electrons. The van der Waals surface area contributed by atoms with Gasteiger partial charge in [-0.3, -0.25) is 0 Å². The third-order valence-corrected chi connectivity index (χ3v) is 4.08. The number of fused-ring (bicyclic) bond motifs is 2. The maximum Gasteiger partial charge on any atom is 0.318 e. The van der Waals surface area contributed by atoms with E-state index < -0.39 is 0 Å². The highest BCUT2D eigenvalue weighted by atomic mass is 16.5. The molecule has 0 aromatic heterocycles. The van der Waals surface area contributed by atoms with E-state index in [0.29, 0.717) is 19.3 Å². The second-order valence-corrected chi connectivity index (χ2v) is 5.34. The summed E-state index contributed by atoms with van der Waals surface area (Å²) in [6.45, 7) is 3.05. The van der Waals surface area contributed by atoms with Gasteiger partial charge in [-0.05, 0) is 12.8 Å². The summed E-state index contributed by atoms with van der Waals surface area (Å²) in [6.07, 6.45) is 4.79. The molecule has 3 fully saturated rings. The number of hydrogen-bond donors (Lipinski definition) is 2. The maximum absolute atomic E-state index is 12.3. The van der Waals surface area contributed by atoms with Crippen LogP contribution in [-0.4, -0.2) is 55.4 Å². The van der Waals surface area contributed by atoms with Crippen molar-refractivity contribution in [1.82, 2.24) is 15.5 Å². The Kier molecular flexibility index (Phi) is 3.20. The van der Waals surface area contributed by atoms with Crippen LogP contribution in [0.5, 0.6) is 0 Å². The lowest BCUT2D eigenvalue weighted by molar-refractivity contribution is -0.0416. The molecule has 2 bridgehead atoms. The number of hydrogen-bond acceptors (Lipinski definition) is 3. The number of carbonyl (C=O) groups is 1. The van der Waals surface area contributed by atoms with Crippen molar-refractivity contribution in [2.75, 3.05) is 26.3 Å². The van der Waals surface area contributed by atoms with Gasteiger partial charge in [0.05, 0.1) is 25.3 Å².